The second-order valence-electron chi connectivity index (χ2n) is 4.60. The van der Waals surface area contributed by atoms with E-state index in [1.54, 1.807) is 30.3 Å². The number of nitro groups is 1. The van der Waals surface area contributed by atoms with Gasteiger partial charge in [0.25, 0.3) is 5.69 Å². The number of ether oxygens (including phenoxy) is 1. The summed E-state index contributed by atoms with van der Waals surface area (Å²) in [5, 5.41) is 22.6. The average molecular weight is 303 g/mol. The van der Waals surface area contributed by atoms with Crippen molar-refractivity contribution in [2.45, 2.75) is 6.54 Å². The first-order valence-corrected chi connectivity index (χ1v) is 6.70. The number of nitrogens with zero attached hydrogens (tertiary/aromatic N) is 1. The molecule has 0 amide bonds. The van der Waals surface area contributed by atoms with Crippen LogP contribution in [0, 0.1) is 10.1 Å². The minimum absolute atomic E-state index is 0.0553. The van der Waals surface area contributed by atoms with Crippen LogP contribution in [0.1, 0.15) is 5.56 Å². The zero-order chi connectivity index (χ0) is 15.9. The lowest BCUT2D eigenvalue weighted by Crippen LogP contribution is -2.06. The lowest BCUT2D eigenvalue weighted by atomic mass is 10.2. The average Bonchev–Trinajstić information content (AvgIpc) is 2.52. The molecule has 0 radical (unpaired) electrons. The summed E-state index contributed by atoms with van der Waals surface area (Å²) < 4.78 is 5.42. The first-order valence-electron chi connectivity index (χ1n) is 6.70. The molecule has 0 saturated carbocycles. The van der Waals surface area contributed by atoms with Crippen molar-refractivity contribution >= 4 is 17.1 Å². The highest BCUT2D eigenvalue weighted by Crippen LogP contribution is 2.27. The van der Waals surface area contributed by atoms with Crippen LogP contribution >= 0.6 is 0 Å². The highest BCUT2D eigenvalue weighted by atomic mass is 16.6. The van der Waals surface area contributed by atoms with Crippen LogP contribution in [-0.4, -0.2) is 23.2 Å². The Balaban J connectivity index is 2.06. The highest BCUT2D eigenvalue weighted by molar-refractivity contribution is 5.63. The molecule has 0 spiro atoms. The summed E-state index contributed by atoms with van der Waals surface area (Å²) in [4.78, 5) is 10.2. The Morgan fingerprint density at radius 3 is 2.59 bits per heavy atom. The van der Waals surface area contributed by atoms with Crippen LogP contribution in [-0.2, 0) is 6.54 Å². The number of benzene rings is 2. The number of aliphatic hydroxyl groups is 1. The Morgan fingerprint density at radius 2 is 1.95 bits per heavy atom. The van der Waals surface area contributed by atoms with E-state index >= 15 is 0 Å². The van der Waals surface area contributed by atoms with Crippen molar-refractivity contribution in [2.75, 3.05) is 24.3 Å². The second kappa shape index (κ2) is 7.28. The van der Waals surface area contributed by atoms with Gasteiger partial charge in [0.05, 0.1) is 17.2 Å². The SMILES string of the molecule is Nc1ccc(OCCO)c(NCc2ccc([N+](=O)[O-])cc2)c1. The van der Waals surface area contributed by atoms with E-state index in [0.717, 1.165) is 5.56 Å². The zero-order valence-electron chi connectivity index (χ0n) is 11.9. The third-order valence-corrected chi connectivity index (χ3v) is 2.98. The number of anilines is 2. The fourth-order valence-corrected chi connectivity index (χ4v) is 1.90. The summed E-state index contributed by atoms with van der Waals surface area (Å²) in [6.07, 6.45) is 0. The minimum atomic E-state index is -0.435. The number of nitrogens with one attached hydrogen (secondary N) is 1. The number of non-ortho nitro benzene ring substituents is 1. The van der Waals surface area contributed by atoms with Gasteiger partial charge in [0.2, 0.25) is 0 Å². The number of hydrogen-bond donors (Lipinski definition) is 3. The molecule has 7 nitrogen and oxygen atoms in total. The first-order chi connectivity index (χ1) is 10.6. The van der Waals surface area contributed by atoms with Gasteiger partial charge < -0.3 is 20.9 Å². The van der Waals surface area contributed by atoms with E-state index in [0.29, 0.717) is 23.7 Å². The molecule has 22 heavy (non-hydrogen) atoms. The van der Waals surface area contributed by atoms with Gasteiger partial charge in [-0.2, -0.15) is 0 Å². The molecule has 0 aliphatic carbocycles. The molecular formula is C15H17N3O4. The van der Waals surface area contributed by atoms with Crippen molar-refractivity contribution in [3.8, 4) is 5.75 Å². The van der Waals surface area contributed by atoms with E-state index in [1.807, 2.05) is 0 Å². The molecule has 0 heterocycles. The third kappa shape index (κ3) is 4.10. The molecule has 2 aromatic rings. The largest absolute Gasteiger partial charge is 0.489 e. The fraction of sp³-hybridized carbons (Fsp3) is 0.200. The van der Waals surface area contributed by atoms with Gasteiger partial charge in [0.1, 0.15) is 12.4 Å². The Morgan fingerprint density at radius 1 is 1.23 bits per heavy atom. The van der Waals surface area contributed by atoms with Crippen LogP contribution in [0.25, 0.3) is 0 Å². The summed E-state index contributed by atoms with van der Waals surface area (Å²) in [5.74, 6) is 0.588. The lowest BCUT2D eigenvalue weighted by molar-refractivity contribution is -0.384. The topological polar surface area (TPSA) is 111 Å². The molecule has 0 aliphatic rings. The molecular weight excluding hydrogens is 286 g/mol. The molecule has 116 valence electrons. The smallest absolute Gasteiger partial charge is 0.269 e. The number of hydrogen-bond acceptors (Lipinski definition) is 6. The summed E-state index contributed by atoms with van der Waals surface area (Å²) in [7, 11) is 0. The molecule has 2 aromatic carbocycles. The molecule has 0 atom stereocenters. The Hall–Kier alpha value is -2.80. The van der Waals surface area contributed by atoms with Gasteiger partial charge in [-0.05, 0) is 23.8 Å². The normalized spacial score (nSPS) is 10.2. The second-order valence-corrected chi connectivity index (χ2v) is 4.60. The number of nitrogen functional groups attached to an aromatic ring is 1. The third-order valence-electron chi connectivity index (χ3n) is 2.98. The fourth-order valence-electron chi connectivity index (χ4n) is 1.90. The molecule has 0 aromatic heterocycles. The van der Waals surface area contributed by atoms with E-state index in [-0.39, 0.29) is 18.9 Å². The molecule has 0 bridgehead atoms. The van der Waals surface area contributed by atoms with Crippen molar-refractivity contribution in [3.05, 3.63) is 58.1 Å². The van der Waals surface area contributed by atoms with Gasteiger partial charge in [-0.15, -0.1) is 0 Å². The summed E-state index contributed by atoms with van der Waals surface area (Å²) in [6.45, 7) is 0.583. The molecule has 0 saturated heterocycles. The van der Waals surface area contributed by atoms with Gasteiger partial charge >= 0.3 is 0 Å². The van der Waals surface area contributed by atoms with Crippen molar-refractivity contribution in [1.29, 1.82) is 0 Å². The summed E-state index contributed by atoms with van der Waals surface area (Å²) in [6, 6.07) is 11.5. The van der Waals surface area contributed by atoms with E-state index in [2.05, 4.69) is 5.32 Å². The van der Waals surface area contributed by atoms with Crippen molar-refractivity contribution in [2.24, 2.45) is 0 Å². The van der Waals surface area contributed by atoms with Gasteiger partial charge in [-0.25, -0.2) is 0 Å². The van der Waals surface area contributed by atoms with Crippen molar-refractivity contribution < 1.29 is 14.8 Å². The predicted molar refractivity (Wildman–Crippen MR) is 83.9 cm³/mol. The molecule has 7 heteroatoms. The van der Waals surface area contributed by atoms with Crippen LogP contribution in [0.4, 0.5) is 17.1 Å². The Kier molecular flexibility index (Phi) is 5.16. The number of nitrogens with two attached hydrogens (primary N) is 1. The molecule has 0 fully saturated rings. The van der Waals surface area contributed by atoms with Gasteiger partial charge in [-0.3, -0.25) is 10.1 Å². The number of rotatable bonds is 7. The Bertz CT molecular complexity index is 644. The highest BCUT2D eigenvalue weighted by Gasteiger charge is 2.06. The molecule has 0 unspecified atom stereocenters. The summed E-state index contributed by atoms with van der Waals surface area (Å²) in [5.41, 5.74) is 7.99. The quantitative estimate of drug-likeness (QED) is 0.410. The van der Waals surface area contributed by atoms with Gasteiger partial charge in [-0.1, -0.05) is 12.1 Å². The minimum Gasteiger partial charge on any atom is -0.489 e. The number of nitro benzene ring substituents is 1. The van der Waals surface area contributed by atoms with Crippen LogP contribution < -0.4 is 15.8 Å². The summed E-state index contributed by atoms with van der Waals surface area (Å²) >= 11 is 0. The maximum absolute atomic E-state index is 10.6. The Labute approximate surface area is 127 Å². The first kappa shape index (κ1) is 15.6. The van der Waals surface area contributed by atoms with Gasteiger partial charge in [0, 0.05) is 24.4 Å². The van der Waals surface area contributed by atoms with Crippen LogP contribution in [0.2, 0.25) is 0 Å². The van der Waals surface area contributed by atoms with Crippen molar-refractivity contribution in [3.63, 3.8) is 0 Å². The zero-order valence-corrected chi connectivity index (χ0v) is 11.9. The molecule has 2 rings (SSSR count). The van der Waals surface area contributed by atoms with E-state index in [9.17, 15) is 10.1 Å². The van der Waals surface area contributed by atoms with Crippen LogP contribution in [0.3, 0.4) is 0 Å². The molecule has 0 aliphatic heterocycles. The van der Waals surface area contributed by atoms with E-state index < -0.39 is 4.92 Å². The lowest BCUT2D eigenvalue weighted by Gasteiger charge is -2.13. The maximum Gasteiger partial charge on any atom is 0.269 e. The van der Waals surface area contributed by atoms with Crippen LogP contribution in [0.15, 0.2) is 42.5 Å². The monoisotopic (exact) mass is 303 g/mol. The predicted octanol–water partition coefficient (Wildman–Crippen LogP) is 2.16. The standard InChI is InChI=1S/C15H17N3O4/c16-12-3-6-15(22-8-7-19)14(9-12)17-10-11-1-4-13(5-2-11)18(20)21/h1-6,9,17,19H,7-8,10,16H2. The van der Waals surface area contributed by atoms with E-state index in [1.165, 1.54) is 12.1 Å². The van der Waals surface area contributed by atoms with Gasteiger partial charge in [0.15, 0.2) is 0 Å². The maximum atomic E-state index is 10.6. The van der Waals surface area contributed by atoms with Crippen molar-refractivity contribution in [1.82, 2.24) is 0 Å². The van der Waals surface area contributed by atoms with E-state index in [4.69, 9.17) is 15.6 Å². The number of aliphatic hydroxyl groups excluding tert-OH is 1. The van der Waals surface area contributed by atoms with Crippen LogP contribution in [0.5, 0.6) is 5.75 Å². The molecule has 4 N–H and O–H groups in total.